The molecule has 2 N–H and O–H groups in total. The number of nitrogens with zero attached hydrogens (tertiary/aromatic N) is 7. The highest BCUT2D eigenvalue weighted by molar-refractivity contribution is 5.71. The summed E-state index contributed by atoms with van der Waals surface area (Å²) in [5.74, 6) is 0.484. The molecule has 0 spiro atoms. The van der Waals surface area contributed by atoms with E-state index in [0.717, 1.165) is 16.8 Å². The van der Waals surface area contributed by atoms with Crippen LogP contribution >= 0.6 is 0 Å². The lowest BCUT2D eigenvalue weighted by atomic mass is 10.0. The molecule has 0 amide bonds. The Bertz CT molecular complexity index is 1520. The second-order valence-electron chi connectivity index (χ2n) is 8.23. The van der Waals surface area contributed by atoms with Crippen LogP contribution in [0.1, 0.15) is 41.2 Å². The molecular weight excluding hydrogens is 420 g/mol. The van der Waals surface area contributed by atoms with Crippen molar-refractivity contribution in [2.75, 3.05) is 5.73 Å². The van der Waals surface area contributed by atoms with Gasteiger partial charge in [-0.3, -0.25) is 9.25 Å². The zero-order chi connectivity index (χ0) is 23.4. The first kappa shape index (κ1) is 20.5. The predicted octanol–water partition coefficient (Wildman–Crippen LogP) is 2.17. The first-order chi connectivity index (χ1) is 15.8. The fourth-order valence-electron chi connectivity index (χ4n) is 4.33. The second-order valence-corrected chi connectivity index (χ2v) is 8.23. The third kappa shape index (κ3) is 3.17. The third-order valence-electron chi connectivity index (χ3n) is 5.90. The lowest BCUT2D eigenvalue weighted by Crippen LogP contribution is -2.24. The molecule has 0 saturated heterocycles. The van der Waals surface area contributed by atoms with Crippen LogP contribution in [0.4, 0.5) is 5.82 Å². The Hall–Kier alpha value is -4.39. The number of hydrogen-bond acceptors (Lipinski definition) is 7. The Balaban J connectivity index is 1.88. The van der Waals surface area contributed by atoms with Crippen LogP contribution in [0.2, 0.25) is 0 Å². The number of anilines is 1. The minimum atomic E-state index is -0.442. The number of nitriles is 1. The van der Waals surface area contributed by atoms with Crippen molar-refractivity contribution in [1.29, 1.82) is 5.26 Å². The molecule has 166 valence electrons. The monoisotopic (exact) mass is 442 g/mol. The van der Waals surface area contributed by atoms with Crippen LogP contribution < -0.4 is 16.2 Å². The first-order valence-corrected chi connectivity index (χ1v) is 10.4. The standard InChI is InChI=1S/C23H22N8O2/c1-12-5-6-18-15(7-12)13(2)33-20-9-16(26-27-22(20)25)21-17(28-30(4)19(21)10-24)8-14-11-29(3)23(32)31(14)18/h5-7,9,11,13H,8H2,1-4H3,(H2,25,27)/t13-/m1/s1. The molecule has 5 rings (SSSR count). The normalized spacial score (nSPS) is 14.7. The zero-order valence-corrected chi connectivity index (χ0v) is 18.7. The molecule has 0 radical (unpaired) electrons. The van der Waals surface area contributed by atoms with E-state index >= 15 is 0 Å². The number of ether oxygens (including phenoxy) is 1. The van der Waals surface area contributed by atoms with Crippen molar-refractivity contribution in [2.24, 2.45) is 14.1 Å². The summed E-state index contributed by atoms with van der Waals surface area (Å²) < 4.78 is 11.0. The van der Waals surface area contributed by atoms with E-state index in [0.29, 0.717) is 40.5 Å². The van der Waals surface area contributed by atoms with Gasteiger partial charge in [-0.15, -0.1) is 10.2 Å². The number of nitrogen functional groups attached to an aromatic ring is 1. The van der Waals surface area contributed by atoms with Crippen LogP contribution in [0.15, 0.2) is 35.3 Å². The largest absolute Gasteiger partial charge is 0.482 e. The number of aromatic nitrogens is 6. The quantitative estimate of drug-likeness (QED) is 0.442. The fourth-order valence-corrected chi connectivity index (χ4v) is 4.33. The average molecular weight is 442 g/mol. The van der Waals surface area contributed by atoms with Gasteiger partial charge in [-0.1, -0.05) is 17.7 Å². The van der Waals surface area contributed by atoms with Crippen molar-refractivity contribution in [2.45, 2.75) is 26.4 Å². The summed E-state index contributed by atoms with van der Waals surface area (Å²) in [7, 11) is 3.41. The zero-order valence-electron chi connectivity index (χ0n) is 18.7. The van der Waals surface area contributed by atoms with Crippen LogP contribution in [-0.4, -0.2) is 29.1 Å². The van der Waals surface area contributed by atoms with E-state index in [1.807, 2.05) is 32.0 Å². The second kappa shape index (κ2) is 7.34. The molecule has 33 heavy (non-hydrogen) atoms. The van der Waals surface area contributed by atoms with Crippen LogP contribution in [0.25, 0.3) is 16.9 Å². The number of aryl methyl sites for hydroxylation is 3. The maximum atomic E-state index is 13.2. The van der Waals surface area contributed by atoms with Gasteiger partial charge in [0.05, 0.1) is 22.6 Å². The summed E-state index contributed by atoms with van der Waals surface area (Å²) >= 11 is 0. The van der Waals surface area contributed by atoms with Gasteiger partial charge >= 0.3 is 5.69 Å². The summed E-state index contributed by atoms with van der Waals surface area (Å²) in [4.78, 5) is 13.2. The van der Waals surface area contributed by atoms with Crippen molar-refractivity contribution < 1.29 is 4.74 Å². The van der Waals surface area contributed by atoms with Gasteiger partial charge < -0.3 is 15.0 Å². The molecule has 4 heterocycles. The van der Waals surface area contributed by atoms with Crippen molar-refractivity contribution in [3.05, 3.63) is 69.2 Å². The molecule has 2 bridgehead atoms. The van der Waals surface area contributed by atoms with Crippen molar-refractivity contribution in [1.82, 2.24) is 29.1 Å². The highest BCUT2D eigenvalue weighted by Gasteiger charge is 2.26. The molecule has 1 aliphatic heterocycles. The minimum absolute atomic E-state index is 0.137. The van der Waals surface area contributed by atoms with Gasteiger partial charge in [0.15, 0.2) is 11.6 Å². The smallest absolute Gasteiger partial charge is 0.332 e. The van der Waals surface area contributed by atoms with Gasteiger partial charge in [-0.25, -0.2) is 4.79 Å². The molecule has 1 atom stereocenters. The van der Waals surface area contributed by atoms with Crippen LogP contribution in [0, 0.1) is 18.3 Å². The van der Waals surface area contributed by atoms with Crippen LogP contribution in [-0.2, 0) is 20.5 Å². The van der Waals surface area contributed by atoms with Gasteiger partial charge in [0.25, 0.3) is 0 Å². The van der Waals surface area contributed by atoms with Crippen molar-refractivity contribution >= 4 is 5.82 Å². The lowest BCUT2D eigenvalue weighted by Gasteiger charge is -2.21. The van der Waals surface area contributed by atoms with Crippen LogP contribution in [0.3, 0.4) is 0 Å². The van der Waals surface area contributed by atoms with Gasteiger partial charge in [-0.05, 0) is 19.9 Å². The topological polar surface area (TPSA) is 130 Å². The number of nitrogens with two attached hydrogens (primary N) is 1. The van der Waals surface area contributed by atoms with Gasteiger partial charge in [0, 0.05) is 38.3 Å². The Morgan fingerprint density at radius 2 is 2.03 bits per heavy atom. The summed E-state index contributed by atoms with van der Waals surface area (Å²) in [6.07, 6.45) is 1.65. The van der Waals surface area contributed by atoms with Gasteiger partial charge in [0.1, 0.15) is 23.6 Å². The van der Waals surface area contributed by atoms with E-state index < -0.39 is 6.10 Å². The lowest BCUT2D eigenvalue weighted by molar-refractivity contribution is 0.227. The molecule has 1 aliphatic rings. The summed E-state index contributed by atoms with van der Waals surface area (Å²) in [6, 6.07) is 9.76. The molecular formula is C23H22N8O2. The van der Waals surface area contributed by atoms with E-state index in [9.17, 15) is 10.1 Å². The molecule has 4 aromatic rings. The van der Waals surface area contributed by atoms with E-state index in [1.54, 1.807) is 30.9 Å². The van der Waals surface area contributed by atoms with E-state index in [1.165, 1.54) is 9.25 Å². The molecule has 10 heteroatoms. The highest BCUT2D eigenvalue weighted by atomic mass is 16.5. The Labute approximate surface area is 189 Å². The summed E-state index contributed by atoms with van der Waals surface area (Å²) in [6.45, 7) is 3.88. The first-order valence-electron chi connectivity index (χ1n) is 10.4. The molecule has 3 aromatic heterocycles. The van der Waals surface area contributed by atoms with E-state index in [-0.39, 0.29) is 11.5 Å². The fraction of sp³-hybridized carbons (Fsp3) is 0.261. The van der Waals surface area contributed by atoms with Crippen LogP contribution in [0.5, 0.6) is 5.75 Å². The van der Waals surface area contributed by atoms with Crippen molar-refractivity contribution in [3.8, 4) is 28.8 Å². The van der Waals surface area contributed by atoms with Crippen molar-refractivity contribution in [3.63, 3.8) is 0 Å². The molecule has 0 unspecified atom stereocenters. The molecule has 0 fully saturated rings. The molecule has 0 aliphatic carbocycles. The average Bonchev–Trinajstić information content (AvgIpc) is 3.24. The summed E-state index contributed by atoms with van der Waals surface area (Å²) in [5.41, 5.74) is 11.1. The number of rotatable bonds is 0. The highest BCUT2D eigenvalue weighted by Crippen LogP contribution is 2.35. The summed E-state index contributed by atoms with van der Waals surface area (Å²) in [5, 5.41) is 22.7. The third-order valence-corrected chi connectivity index (χ3v) is 5.90. The molecule has 0 saturated carbocycles. The van der Waals surface area contributed by atoms with E-state index in [4.69, 9.17) is 10.5 Å². The van der Waals surface area contributed by atoms with Gasteiger partial charge in [-0.2, -0.15) is 10.4 Å². The Morgan fingerprint density at radius 3 is 2.79 bits per heavy atom. The maximum Gasteiger partial charge on any atom is 0.332 e. The Kier molecular flexibility index (Phi) is 4.56. The predicted molar refractivity (Wildman–Crippen MR) is 121 cm³/mol. The Morgan fingerprint density at radius 1 is 1.24 bits per heavy atom. The SMILES string of the molecule is Cc1ccc2c(c1)[C@@H](C)Oc1cc(nnc1N)-c1c(nn(C)c1C#N)Cc1cn(C)c(=O)n1-2. The number of benzene rings is 1. The minimum Gasteiger partial charge on any atom is -0.482 e. The molecule has 1 aromatic carbocycles. The van der Waals surface area contributed by atoms with E-state index in [2.05, 4.69) is 21.4 Å². The molecule has 10 nitrogen and oxygen atoms in total. The van der Waals surface area contributed by atoms with Gasteiger partial charge in [0.2, 0.25) is 0 Å². The number of imidazole rings is 1. The maximum absolute atomic E-state index is 13.2. The number of hydrogen-bond donors (Lipinski definition) is 1. The number of fused-ring (bicyclic) bond motifs is 7.